The van der Waals surface area contributed by atoms with Crippen molar-refractivity contribution in [2.24, 2.45) is 0 Å². The topological polar surface area (TPSA) is 6.48 Å². The molecule has 0 radical (unpaired) electrons. The Kier molecular flexibility index (Phi) is 6.08. The van der Waals surface area contributed by atoms with Crippen LogP contribution in [-0.4, -0.2) is 6.85 Å². The summed E-state index contributed by atoms with van der Waals surface area (Å²) in [5.74, 6) is 0. The SMILES string of the molecule is c1ccc(-c2cccc(-c3ccccc3N3c4cccc5c4B4c6c(cccc63)-c3cc(-c6ccccc6)ccc3N4c3ccccc3-5)c2)cc1. The second-order valence-electron chi connectivity index (χ2n) is 13.7. The number of nitrogens with zero attached hydrogens (tertiary/aromatic N) is 2. The third-order valence-corrected chi connectivity index (χ3v) is 11.0. The summed E-state index contributed by atoms with van der Waals surface area (Å²) in [5.41, 5.74) is 21.3. The monoisotopic (exact) mass is 646 g/mol. The molecule has 8 aromatic carbocycles. The number of fused-ring (bicyclic) bond motifs is 6. The van der Waals surface area contributed by atoms with Gasteiger partial charge in [0.05, 0.1) is 5.69 Å². The predicted molar refractivity (Wildman–Crippen MR) is 215 cm³/mol. The number of benzene rings is 8. The van der Waals surface area contributed by atoms with E-state index in [4.69, 9.17) is 0 Å². The molecule has 0 bridgehead atoms. The van der Waals surface area contributed by atoms with Crippen molar-refractivity contribution in [3.8, 4) is 55.6 Å². The molecule has 0 spiro atoms. The molecule has 0 amide bonds. The fourth-order valence-corrected chi connectivity index (χ4v) is 8.83. The molecule has 0 unspecified atom stereocenters. The van der Waals surface area contributed by atoms with Gasteiger partial charge in [0, 0.05) is 39.4 Å². The molecule has 3 heteroatoms. The van der Waals surface area contributed by atoms with E-state index in [0.29, 0.717) is 0 Å². The van der Waals surface area contributed by atoms with Crippen molar-refractivity contribution < 1.29 is 0 Å². The van der Waals surface area contributed by atoms with Crippen molar-refractivity contribution in [1.29, 1.82) is 0 Å². The smallest absolute Gasteiger partial charge is 0.333 e. The van der Waals surface area contributed by atoms with Crippen LogP contribution in [-0.2, 0) is 0 Å². The van der Waals surface area contributed by atoms with E-state index >= 15 is 0 Å². The number of anilines is 5. The molecule has 0 aromatic heterocycles. The molecule has 0 atom stereocenters. The highest BCUT2D eigenvalue weighted by Gasteiger charge is 2.48. The zero-order valence-corrected chi connectivity index (χ0v) is 27.9. The first-order valence-corrected chi connectivity index (χ1v) is 17.7. The largest absolute Gasteiger partial charge is 0.376 e. The standard InChI is InChI=1S/C48H31BN2/c1-3-14-32(15-4-1)34-18-11-19-36(30-34)37-20-7-9-24-42(37)50-45-26-12-22-39-38-21-8-10-25-43(38)51-44-29-28-35(33-16-5-2-6-17-33)31-41(44)40-23-13-27-46(50)48(40)49(51)47(39)45/h1-31H. The van der Waals surface area contributed by atoms with E-state index in [9.17, 15) is 0 Å². The van der Waals surface area contributed by atoms with Gasteiger partial charge in [0.15, 0.2) is 0 Å². The lowest BCUT2D eigenvalue weighted by atomic mass is 9.41. The first-order valence-electron chi connectivity index (χ1n) is 17.7. The average molecular weight is 647 g/mol. The number of rotatable bonds is 4. The van der Waals surface area contributed by atoms with Crippen LogP contribution >= 0.6 is 0 Å². The highest BCUT2D eigenvalue weighted by molar-refractivity contribution is 6.95. The molecule has 51 heavy (non-hydrogen) atoms. The van der Waals surface area contributed by atoms with Crippen LogP contribution in [0.2, 0.25) is 0 Å². The molecule has 0 saturated carbocycles. The van der Waals surface area contributed by atoms with Gasteiger partial charge in [0.1, 0.15) is 0 Å². The second-order valence-corrected chi connectivity index (χ2v) is 13.7. The summed E-state index contributed by atoms with van der Waals surface area (Å²) in [6.45, 7) is 0.0530. The molecule has 0 fully saturated rings. The van der Waals surface area contributed by atoms with Gasteiger partial charge in [-0.3, -0.25) is 0 Å². The summed E-state index contributed by atoms with van der Waals surface area (Å²) < 4.78 is 0. The maximum absolute atomic E-state index is 2.61. The quantitative estimate of drug-likeness (QED) is 0.176. The average Bonchev–Trinajstić information content (AvgIpc) is 3.21. The van der Waals surface area contributed by atoms with Gasteiger partial charge in [0.2, 0.25) is 0 Å². The van der Waals surface area contributed by atoms with Crippen LogP contribution in [0.5, 0.6) is 0 Å². The Bertz CT molecular complexity index is 2660. The first-order chi connectivity index (χ1) is 25.3. The summed E-state index contributed by atoms with van der Waals surface area (Å²) in [6.07, 6.45) is 0. The Morgan fingerprint density at radius 3 is 1.45 bits per heavy atom. The molecule has 8 aromatic rings. The van der Waals surface area contributed by atoms with Crippen LogP contribution in [0.1, 0.15) is 0 Å². The molecule has 0 N–H and O–H groups in total. The van der Waals surface area contributed by atoms with E-state index in [1.54, 1.807) is 0 Å². The lowest BCUT2D eigenvalue weighted by molar-refractivity contribution is 1.26. The summed E-state index contributed by atoms with van der Waals surface area (Å²) in [4.78, 5) is 5.15. The van der Waals surface area contributed by atoms with Gasteiger partial charge in [-0.1, -0.05) is 146 Å². The Morgan fingerprint density at radius 1 is 0.275 bits per heavy atom. The third kappa shape index (κ3) is 4.12. The molecular formula is C48H31BN2. The molecule has 0 aliphatic carbocycles. The van der Waals surface area contributed by atoms with E-state index in [1.807, 2.05) is 0 Å². The maximum atomic E-state index is 2.61. The minimum Gasteiger partial charge on any atom is -0.376 e. The van der Waals surface area contributed by atoms with Gasteiger partial charge in [-0.25, -0.2) is 0 Å². The molecular weight excluding hydrogens is 615 g/mol. The maximum Gasteiger partial charge on any atom is 0.333 e. The van der Waals surface area contributed by atoms with E-state index in [1.165, 1.54) is 95.0 Å². The van der Waals surface area contributed by atoms with Crippen molar-refractivity contribution in [3.63, 3.8) is 0 Å². The van der Waals surface area contributed by atoms with Crippen molar-refractivity contribution >= 4 is 46.2 Å². The zero-order chi connectivity index (χ0) is 33.5. The Hall–Kier alpha value is -6.58. The zero-order valence-electron chi connectivity index (χ0n) is 27.9. The van der Waals surface area contributed by atoms with Crippen molar-refractivity contribution in [3.05, 3.63) is 188 Å². The number of hydrogen-bond acceptors (Lipinski definition) is 2. The number of para-hydroxylation sites is 2. The van der Waals surface area contributed by atoms with Gasteiger partial charge >= 0.3 is 6.85 Å². The Morgan fingerprint density at radius 2 is 0.745 bits per heavy atom. The van der Waals surface area contributed by atoms with Gasteiger partial charge in [-0.15, -0.1) is 0 Å². The van der Waals surface area contributed by atoms with Crippen molar-refractivity contribution in [2.45, 2.75) is 0 Å². The van der Waals surface area contributed by atoms with Crippen LogP contribution < -0.4 is 20.6 Å². The van der Waals surface area contributed by atoms with Gasteiger partial charge in [-0.2, -0.15) is 0 Å². The highest BCUT2D eigenvalue weighted by Crippen LogP contribution is 2.52. The minimum atomic E-state index is 0.0530. The normalized spacial score (nSPS) is 13.0. The van der Waals surface area contributed by atoms with Crippen LogP contribution in [0.3, 0.4) is 0 Å². The molecule has 2 nitrogen and oxygen atoms in total. The summed E-state index contributed by atoms with van der Waals surface area (Å²) in [6, 6.07) is 69.1. The van der Waals surface area contributed by atoms with Crippen molar-refractivity contribution in [2.75, 3.05) is 9.71 Å². The van der Waals surface area contributed by atoms with E-state index < -0.39 is 0 Å². The molecule has 3 aliphatic rings. The van der Waals surface area contributed by atoms with Gasteiger partial charge in [-0.05, 0) is 92.3 Å². The first kappa shape index (κ1) is 28.3. The number of hydrogen-bond donors (Lipinski definition) is 0. The predicted octanol–water partition coefficient (Wildman–Crippen LogP) is 11.4. The lowest BCUT2D eigenvalue weighted by Crippen LogP contribution is -2.63. The Labute approximate surface area is 298 Å². The summed E-state index contributed by atoms with van der Waals surface area (Å²) >= 11 is 0. The summed E-state index contributed by atoms with van der Waals surface area (Å²) in [5, 5.41) is 0. The van der Waals surface area contributed by atoms with Crippen LogP contribution in [0.25, 0.3) is 55.6 Å². The fraction of sp³-hybridized carbons (Fsp3) is 0. The van der Waals surface area contributed by atoms with E-state index in [-0.39, 0.29) is 6.85 Å². The fourth-order valence-electron chi connectivity index (χ4n) is 8.83. The minimum absolute atomic E-state index is 0.0530. The van der Waals surface area contributed by atoms with Crippen LogP contribution in [0.15, 0.2) is 188 Å². The molecule has 3 heterocycles. The van der Waals surface area contributed by atoms with Crippen molar-refractivity contribution in [1.82, 2.24) is 0 Å². The van der Waals surface area contributed by atoms with Crippen LogP contribution in [0, 0.1) is 0 Å². The summed E-state index contributed by atoms with van der Waals surface area (Å²) in [7, 11) is 0. The molecule has 236 valence electrons. The van der Waals surface area contributed by atoms with E-state index in [0.717, 1.165) is 0 Å². The third-order valence-electron chi connectivity index (χ3n) is 11.0. The lowest BCUT2D eigenvalue weighted by Gasteiger charge is -2.49. The van der Waals surface area contributed by atoms with E-state index in [2.05, 4.69) is 198 Å². The molecule has 11 rings (SSSR count). The highest BCUT2D eigenvalue weighted by atomic mass is 15.2. The van der Waals surface area contributed by atoms with Crippen LogP contribution in [0.4, 0.5) is 28.4 Å². The molecule has 0 saturated heterocycles. The van der Waals surface area contributed by atoms with Gasteiger partial charge < -0.3 is 9.71 Å². The second kappa shape index (κ2) is 11.0. The van der Waals surface area contributed by atoms with Gasteiger partial charge in [0.25, 0.3) is 0 Å². The Balaban J connectivity index is 1.19. The molecule has 3 aliphatic heterocycles.